The molecule has 0 aliphatic rings. The van der Waals surface area contributed by atoms with Crippen LogP contribution in [0.4, 0.5) is 0 Å². The number of rotatable bonds is 16. The Morgan fingerprint density at radius 1 is 1.08 bits per heavy atom. The Morgan fingerprint density at radius 2 is 1.73 bits per heavy atom. The van der Waals surface area contributed by atoms with Gasteiger partial charge in [-0.15, -0.1) is 0 Å². The van der Waals surface area contributed by atoms with Crippen LogP contribution < -0.4 is 33.2 Å². The van der Waals surface area contributed by atoms with Crippen LogP contribution in [0.5, 0.6) is 0 Å². The molecular formula is C22H39N9O6. The number of H-pyrrole nitrogens is 1. The molecule has 0 saturated heterocycles. The van der Waals surface area contributed by atoms with E-state index in [9.17, 15) is 29.4 Å². The second-order valence-corrected chi connectivity index (χ2v) is 8.83. The van der Waals surface area contributed by atoms with E-state index in [1.165, 1.54) is 19.4 Å². The van der Waals surface area contributed by atoms with Crippen molar-refractivity contribution in [2.24, 2.45) is 28.1 Å². The Labute approximate surface area is 215 Å². The summed E-state index contributed by atoms with van der Waals surface area (Å²) >= 11 is 0. The number of hydrogen-bond acceptors (Lipinski definition) is 8. The summed E-state index contributed by atoms with van der Waals surface area (Å²) in [6.07, 6.45) is 2.55. The molecule has 0 spiro atoms. The molecule has 1 rings (SSSR count). The minimum Gasteiger partial charge on any atom is -0.480 e. The first kappa shape index (κ1) is 31.3. The molecule has 15 heteroatoms. The SMILES string of the molecule is CCC(C)C(NC(=O)C(CCCN=C(N)N)NC(=O)C(N)C(C)O)C(=O)NC(Cc1cnc[nH]1)C(=O)O. The molecule has 3 amide bonds. The van der Waals surface area contributed by atoms with Gasteiger partial charge in [0.2, 0.25) is 17.7 Å². The molecule has 6 unspecified atom stereocenters. The first-order valence-electron chi connectivity index (χ1n) is 12.0. The van der Waals surface area contributed by atoms with Gasteiger partial charge in [0.05, 0.1) is 12.4 Å². The Hall–Kier alpha value is -3.72. The van der Waals surface area contributed by atoms with Crippen LogP contribution in [0.15, 0.2) is 17.5 Å². The van der Waals surface area contributed by atoms with Crippen LogP contribution in [0.25, 0.3) is 0 Å². The molecule has 37 heavy (non-hydrogen) atoms. The fourth-order valence-electron chi connectivity index (χ4n) is 3.29. The second-order valence-electron chi connectivity index (χ2n) is 8.83. The molecule has 0 radical (unpaired) electrons. The fourth-order valence-corrected chi connectivity index (χ4v) is 3.29. The van der Waals surface area contributed by atoms with E-state index in [1.54, 1.807) is 6.92 Å². The van der Waals surface area contributed by atoms with E-state index in [4.69, 9.17) is 17.2 Å². The van der Waals surface area contributed by atoms with E-state index in [-0.39, 0.29) is 31.3 Å². The van der Waals surface area contributed by atoms with Crippen molar-refractivity contribution in [2.75, 3.05) is 6.54 Å². The summed E-state index contributed by atoms with van der Waals surface area (Å²) in [5, 5.41) is 26.8. The van der Waals surface area contributed by atoms with Gasteiger partial charge in [-0.3, -0.25) is 19.4 Å². The number of aliphatic imine (C=N–C) groups is 1. The van der Waals surface area contributed by atoms with E-state index < -0.39 is 54.0 Å². The normalized spacial score (nSPS) is 15.8. The van der Waals surface area contributed by atoms with Gasteiger partial charge in [0.25, 0.3) is 0 Å². The van der Waals surface area contributed by atoms with E-state index >= 15 is 0 Å². The number of aliphatic hydroxyl groups is 1. The maximum absolute atomic E-state index is 13.2. The molecule has 0 aromatic carbocycles. The molecule has 6 atom stereocenters. The van der Waals surface area contributed by atoms with Gasteiger partial charge in [0.15, 0.2) is 5.96 Å². The number of nitrogens with zero attached hydrogens (tertiary/aromatic N) is 2. The number of guanidine groups is 1. The van der Waals surface area contributed by atoms with Crippen LogP contribution in [0.3, 0.4) is 0 Å². The van der Waals surface area contributed by atoms with Crippen molar-refractivity contribution in [1.82, 2.24) is 25.9 Å². The zero-order chi connectivity index (χ0) is 28.1. The van der Waals surface area contributed by atoms with Crippen LogP contribution in [0.1, 0.15) is 45.7 Å². The van der Waals surface area contributed by atoms with Crippen LogP contribution in [0, 0.1) is 5.92 Å². The maximum atomic E-state index is 13.2. The zero-order valence-corrected chi connectivity index (χ0v) is 21.3. The lowest BCUT2D eigenvalue weighted by molar-refractivity contribution is -0.142. The number of carbonyl (C=O) groups is 4. The number of aliphatic carboxylic acids is 1. The van der Waals surface area contributed by atoms with Crippen molar-refractivity contribution < 1.29 is 29.4 Å². The number of carboxylic acid groups (broad SMARTS) is 1. The number of hydrogen-bond donors (Lipinski definition) is 9. The number of nitrogens with one attached hydrogen (secondary N) is 4. The van der Waals surface area contributed by atoms with Gasteiger partial charge in [-0.05, 0) is 25.7 Å². The Bertz CT molecular complexity index is 918. The summed E-state index contributed by atoms with van der Waals surface area (Å²) in [6.45, 7) is 5.06. The van der Waals surface area contributed by atoms with E-state index in [1.807, 2.05) is 6.92 Å². The molecule has 1 aromatic heterocycles. The summed E-state index contributed by atoms with van der Waals surface area (Å²) in [6, 6.07) is -4.76. The lowest BCUT2D eigenvalue weighted by Gasteiger charge is -2.28. The highest BCUT2D eigenvalue weighted by molar-refractivity contribution is 5.94. The minimum atomic E-state index is -1.28. The molecule has 0 aliphatic heterocycles. The molecule has 12 N–H and O–H groups in total. The highest BCUT2D eigenvalue weighted by Crippen LogP contribution is 2.11. The number of nitrogens with two attached hydrogens (primary N) is 3. The molecule has 0 bridgehead atoms. The third-order valence-corrected chi connectivity index (χ3v) is 5.79. The van der Waals surface area contributed by atoms with Crippen molar-refractivity contribution in [1.29, 1.82) is 0 Å². The lowest BCUT2D eigenvalue weighted by atomic mass is 9.96. The molecule has 0 aliphatic carbocycles. The van der Waals surface area contributed by atoms with Gasteiger partial charge in [-0.2, -0.15) is 0 Å². The lowest BCUT2D eigenvalue weighted by Crippen LogP contribution is -2.59. The minimum absolute atomic E-state index is 0.0387. The van der Waals surface area contributed by atoms with Gasteiger partial charge < -0.3 is 48.3 Å². The summed E-state index contributed by atoms with van der Waals surface area (Å²) in [5.41, 5.74) is 16.8. The summed E-state index contributed by atoms with van der Waals surface area (Å²) in [7, 11) is 0. The number of amides is 3. The van der Waals surface area contributed by atoms with E-state index in [0.717, 1.165) is 0 Å². The predicted molar refractivity (Wildman–Crippen MR) is 135 cm³/mol. The van der Waals surface area contributed by atoms with Crippen molar-refractivity contribution in [3.8, 4) is 0 Å². The zero-order valence-electron chi connectivity index (χ0n) is 21.3. The number of aromatic amines is 1. The Morgan fingerprint density at radius 3 is 2.24 bits per heavy atom. The van der Waals surface area contributed by atoms with Gasteiger partial charge in [0, 0.05) is 24.9 Å². The van der Waals surface area contributed by atoms with E-state index in [2.05, 4.69) is 30.9 Å². The molecule has 208 valence electrons. The van der Waals surface area contributed by atoms with Crippen LogP contribution in [-0.2, 0) is 25.6 Å². The largest absolute Gasteiger partial charge is 0.480 e. The number of carboxylic acids is 1. The molecule has 1 aromatic rings. The second kappa shape index (κ2) is 15.4. The first-order chi connectivity index (χ1) is 17.4. The van der Waals surface area contributed by atoms with E-state index in [0.29, 0.717) is 18.5 Å². The van der Waals surface area contributed by atoms with Crippen LogP contribution in [-0.4, -0.2) is 86.6 Å². The molecule has 0 saturated carbocycles. The molecule has 0 fully saturated rings. The molecule has 15 nitrogen and oxygen atoms in total. The topological polar surface area (TPSA) is 264 Å². The summed E-state index contributed by atoms with van der Waals surface area (Å²) in [4.78, 5) is 60.9. The highest BCUT2D eigenvalue weighted by Gasteiger charge is 2.33. The van der Waals surface area contributed by atoms with Crippen molar-refractivity contribution in [2.45, 2.75) is 76.7 Å². The van der Waals surface area contributed by atoms with Gasteiger partial charge in [0.1, 0.15) is 24.2 Å². The molecular weight excluding hydrogens is 486 g/mol. The number of aliphatic hydroxyl groups excluding tert-OH is 1. The third-order valence-electron chi connectivity index (χ3n) is 5.79. The summed E-state index contributed by atoms with van der Waals surface area (Å²) in [5.74, 6) is -3.89. The van der Waals surface area contributed by atoms with Crippen molar-refractivity contribution >= 4 is 29.7 Å². The number of imidazole rings is 1. The number of carbonyl (C=O) groups excluding carboxylic acids is 3. The Kier molecular flexibility index (Phi) is 13.0. The Balaban J connectivity index is 3.04. The monoisotopic (exact) mass is 525 g/mol. The van der Waals surface area contributed by atoms with Gasteiger partial charge in [-0.25, -0.2) is 9.78 Å². The fraction of sp³-hybridized carbons (Fsp3) is 0.636. The predicted octanol–water partition coefficient (Wildman–Crippen LogP) is -2.70. The van der Waals surface area contributed by atoms with Crippen LogP contribution >= 0.6 is 0 Å². The first-order valence-corrected chi connectivity index (χ1v) is 12.0. The quantitative estimate of drug-likeness (QED) is 0.0612. The smallest absolute Gasteiger partial charge is 0.326 e. The van der Waals surface area contributed by atoms with Gasteiger partial charge >= 0.3 is 5.97 Å². The highest BCUT2D eigenvalue weighted by atomic mass is 16.4. The number of aromatic nitrogens is 2. The average Bonchev–Trinajstić information content (AvgIpc) is 3.35. The molecule has 1 heterocycles. The summed E-state index contributed by atoms with van der Waals surface area (Å²) < 4.78 is 0. The van der Waals surface area contributed by atoms with Crippen LogP contribution in [0.2, 0.25) is 0 Å². The maximum Gasteiger partial charge on any atom is 0.326 e. The standard InChI is InChI=1S/C22H39N9O6/c1-4-11(2)17(20(35)30-15(21(36)37)8-13-9-26-10-28-13)31-18(33)14(6-5-7-27-22(24)25)29-19(34)16(23)12(3)32/h9-12,14-17,32H,4-8,23H2,1-3H3,(H,26,28)(H,29,34)(H,30,35)(H,31,33)(H,36,37)(H4,24,25,27). The van der Waals surface area contributed by atoms with Gasteiger partial charge in [-0.1, -0.05) is 20.3 Å². The van der Waals surface area contributed by atoms with Crippen molar-refractivity contribution in [3.05, 3.63) is 18.2 Å². The average molecular weight is 526 g/mol. The third kappa shape index (κ3) is 10.8. The van der Waals surface area contributed by atoms with Crippen molar-refractivity contribution in [3.63, 3.8) is 0 Å².